The zero-order chi connectivity index (χ0) is 7.40. The molecule has 54 valence electrons. The minimum Gasteiger partial charge on any atom is -0.501 e. The molecule has 0 saturated carbocycles. The van der Waals surface area contributed by atoms with Crippen molar-refractivity contribution in [2.45, 2.75) is 13.3 Å². The lowest BCUT2D eigenvalue weighted by molar-refractivity contribution is 0.285. The van der Waals surface area contributed by atoms with Gasteiger partial charge < -0.3 is 4.74 Å². The zero-order valence-electron chi connectivity index (χ0n) is 6.42. The van der Waals surface area contributed by atoms with E-state index in [0.29, 0.717) is 0 Å². The Labute approximate surface area is 61.7 Å². The van der Waals surface area contributed by atoms with Gasteiger partial charge in [-0.2, -0.15) is 0 Å². The Morgan fingerprint density at radius 3 is 3.00 bits per heavy atom. The normalized spacial score (nSPS) is 17.4. The van der Waals surface area contributed by atoms with Crippen LogP contribution in [-0.2, 0) is 4.74 Å². The lowest BCUT2D eigenvalue weighted by Crippen LogP contribution is -1.82. The van der Waals surface area contributed by atoms with E-state index in [-0.39, 0.29) is 0 Å². The molecular formula is C9H12O. The first-order valence-corrected chi connectivity index (χ1v) is 3.41. The molecule has 0 fully saturated rings. The molecule has 0 heterocycles. The molecule has 0 radical (unpaired) electrons. The highest BCUT2D eigenvalue weighted by Gasteiger charge is 1.94. The second kappa shape index (κ2) is 3.25. The van der Waals surface area contributed by atoms with Crippen LogP contribution < -0.4 is 0 Å². The fourth-order valence-corrected chi connectivity index (χ4v) is 0.856. The second-order valence-electron chi connectivity index (χ2n) is 2.35. The van der Waals surface area contributed by atoms with Crippen molar-refractivity contribution in [3.63, 3.8) is 0 Å². The smallest absolute Gasteiger partial charge is 0.0993 e. The Kier molecular flexibility index (Phi) is 2.32. The van der Waals surface area contributed by atoms with Gasteiger partial charge in [-0.1, -0.05) is 23.8 Å². The minimum absolute atomic E-state index is 0.912. The monoisotopic (exact) mass is 136 g/mol. The third kappa shape index (κ3) is 1.76. The van der Waals surface area contributed by atoms with E-state index in [4.69, 9.17) is 4.74 Å². The number of hydrogen-bond acceptors (Lipinski definition) is 1. The highest BCUT2D eigenvalue weighted by atomic mass is 16.5. The van der Waals surface area contributed by atoms with Crippen LogP contribution in [-0.4, -0.2) is 7.11 Å². The molecule has 0 unspecified atom stereocenters. The Morgan fingerprint density at radius 1 is 1.50 bits per heavy atom. The molecular weight excluding hydrogens is 124 g/mol. The molecule has 0 bridgehead atoms. The van der Waals surface area contributed by atoms with E-state index in [9.17, 15) is 0 Å². The van der Waals surface area contributed by atoms with Crippen molar-refractivity contribution in [2.75, 3.05) is 7.11 Å². The van der Waals surface area contributed by atoms with Crippen LogP contribution in [0.4, 0.5) is 0 Å². The van der Waals surface area contributed by atoms with Crippen molar-refractivity contribution < 1.29 is 4.74 Å². The van der Waals surface area contributed by atoms with Gasteiger partial charge in [0, 0.05) is 6.42 Å². The molecule has 0 aromatic rings. The lowest BCUT2D eigenvalue weighted by Gasteiger charge is -1.98. The summed E-state index contributed by atoms with van der Waals surface area (Å²) in [6.07, 6.45) is 9.14. The van der Waals surface area contributed by atoms with E-state index in [1.54, 1.807) is 7.11 Å². The van der Waals surface area contributed by atoms with E-state index >= 15 is 0 Å². The first-order chi connectivity index (χ1) is 4.83. The van der Waals surface area contributed by atoms with E-state index in [2.05, 4.69) is 19.1 Å². The molecule has 0 aliphatic heterocycles. The van der Waals surface area contributed by atoms with Crippen molar-refractivity contribution >= 4 is 0 Å². The Morgan fingerprint density at radius 2 is 2.30 bits per heavy atom. The van der Waals surface area contributed by atoms with Crippen LogP contribution >= 0.6 is 0 Å². The summed E-state index contributed by atoms with van der Waals surface area (Å²) in [4.78, 5) is 0. The van der Waals surface area contributed by atoms with Gasteiger partial charge in [-0.05, 0) is 13.0 Å². The third-order valence-electron chi connectivity index (χ3n) is 1.53. The van der Waals surface area contributed by atoms with Crippen LogP contribution in [0.2, 0.25) is 0 Å². The van der Waals surface area contributed by atoms with Crippen LogP contribution in [0.1, 0.15) is 13.3 Å². The highest BCUT2D eigenvalue weighted by Crippen LogP contribution is 2.10. The molecule has 10 heavy (non-hydrogen) atoms. The summed E-state index contributed by atoms with van der Waals surface area (Å²) in [7, 11) is 1.70. The maximum atomic E-state index is 5.08. The predicted molar refractivity (Wildman–Crippen MR) is 42.6 cm³/mol. The largest absolute Gasteiger partial charge is 0.501 e. The summed E-state index contributed by atoms with van der Waals surface area (Å²) >= 11 is 0. The molecule has 1 aliphatic rings. The predicted octanol–water partition coefficient (Wildman–Crippen LogP) is 2.42. The quantitative estimate of drug-likeness (QED) is 0.538. The molecule has 0 aromatic carbocycles. The van der Waals surface area contributed by atoms with Gasteiger partial charge in [-0.25, -0.2) is 0 Å². The topological polar surface area (TPSA) is 9.23 Å². The van der Waals surface area contributed by atoms with Gasteiger partial charge in [0.2, 0.25) is 0 Å². The maximum Gasteiger partial charge on any atom is 0.0993 e. The number of allylic oxidation sites excluding steroid dienone is 5. The minimum atomic E-state index is 0.912. The van der Waals surface area contributed by atoms with Crippen LogP contribution in [0.3, 0.4) is 0 Å². The van der Waals surface area contributed by atoms with Crippen molar-refractivity contribution in [1.29, 1.82) is 0 Å². The van der Waals surface area contributed by atoms with Gasteiger partial charge in [0.25, 0.3) is 0 Å². The average molecular weight is 136 g/mol. The second-order valence-corrected chi connectivity index (χ2v) is 2.35. The average Bonchev–Trinajstić information content (AvgIpc) is 2.14. The van der Waals surface area contributed by atoms with E-state index < -0.39 is 0 Å². The van der Waals surface area contributed by atoms with Crippen molar-refractivity contribution in [2.24, 2.45) is 0 Å². The van der Waals surface area contributed by atoms with Crippen LogP contribution in [0.15, 0.2) is 35.6 Å². The summed E-state index contributed by atoms with van der Waals surface area (Å²) < 4.78 is 5.08. The van der Waals surface area contributed by atoms with Gasteiger partial charge in [0.15, 0.2) is 0 Å². The molecule has 1 nitrogen and oxygen atoms in total. The molecule has 0 N–H and O–H groups in total. The fourth-order valence-electron chi connectivity index (χ4n) is 0.856. The van der Waals surface area contributed by atoms with Crippen LogP contribution in [0.25, 0.3) is 0 Å². The molecule has 1 heteroatoms. The fraction of sp³-hybridized carbons (Fsp3) is 0.333. The van der Waals surface area contributed by atoms with Gasteiger partial charge in [0.1, 0.15) is 0 Å². The van der Waals surface area contributed by atoms with Crippen molar-refractivity contribution in [3.8, 4) is 0 Å². The summed E-state index contributed by atoms with van der Waals surface area (Å²) in [5, 5.41) is 0. The van der Waals surface area contributed by atoms with Gasteiger partial charge in [-0.15, -0.1) is 0 Å². The summed E-state index contributed by atoms with van der Waals surface area (Å²) in [5.74, 6) is 1.02. The number of rotatable bonds is 1. The highest BCUT2D eigenvalue weighted by molar-refractivity contribution is 5.26. The summed E-state index contributed by atoms with van der Waals surface area (Å²) in [5.41, 5.74) is 1.29. The van der Waals surface area contributed by atoms with Gasteiger partial charge in [-0.3, -0.25) is 0 Å². The Hall–Kier alpha value is -0.980. The molecule has 1 rings (SSSR count). The number of hydrogen-bond donors (Lipinski definition) is 0. The van der Waals surface area contributed by atoms with Crippen LogP contribution in [0, 0.1) is 0 Å². The SMILES string of the molecule is COC1=CC=CC(C)=CC1. The summed E-state index contributed by atoms with van der Waals surface area (Å²) in [6, 6.07) is 0. The van der Waals surface area contributed by atoms with Gasteiger partial charge in [0.05, 0.1) is 12.9 Å². The molecule has 0 amide bonds. The zero-order valence-corrected chi connectivity index (χ0v) is 6.42. The Balaban J connectivity index is 2.69. The molecule has 0 aromatic heterocycles. The number of methoxy groups -OCH3 is 1. The molecule has 1 aliphatic carbocycles. The molecule has 0 spiro atoms. The lowest BCUT2D eigenvalue weighted by atomic mass is 10.2. The Bertz CT molecular complexity index is 194. The van der Waals surface area contributed by atoms with E-state index in [0.717, 1.165) is 12.2 Å². The molecule has 0 saturated heterocycles. The molecule has 0 atom stereocenters. The van der Waals surface area contributed by atoms with E-state index in [1.807, 2.05) is 12.2 Å². The van der Waals surface area contributed by atoms with Crippen molar-refractivity contribution in [3.05, 3.63) is 35.6 Å². The van der Waals surface area contributed by atoms with Crippen molar-refractivity contribution in [1.82, 2.24) is 0 Å². The third-order valence-corrected chi connectivity index (χ3v) is 1.53. The first kappa shape index (κ1) is 7.13. The maximum absolute atomic E-state index is 5.08. The summed E-state index contributed by atoms with van der Waals surface area (Å²) in [6.45, 7) is 2.09. The van der Waals surface area contributed by atoms with E-state index in [1.165, 1.54) is 5.57 Å². The number of ether oxygens (including phenoxy) is 1. The van der Waals surface area contributed by atoms with Crippen LogP contribution in [0.5, 0.6) is 0 Å². The van der Waals surface area contributed by atoms with Gasteiger partial charge >= 0.3 is 0 Å². The standard InChI is InChI=1S/C9H12O/c1-8-4-3-5-9(10-2)7-6-8/h3-6H,7H2,1-2H3. The first-order valence-electron chi connectivity index (χ1n) is 3.41.